The molecule has 0 aromatic carbocycles. The molecule has 0 saturated carbocycles. The van der Waals surface area contributed by atoms with Gasteiger partial charge in [0, 0.05) is 12.6 Å². The molecule has 0 radical (unpaired) electrons. The molecule has 5 heteroatoms. The second-order valence-corrected chi connectivity index (χ2v) is 7.51. The van der Waals surface area contributed by atoms with Crippen molar-refractivity contribution in [1.82, 2.24) is 4.98 Å². The zero-order valence-electron chi connectivity index (χ0n) is 13.6. The molecule has 0 spiro atoms. The molecule has 1 fully saturated rings. The molecule has 1 aromatic heterocycles. The summed E-state index contributed by atoms with van der Waals surface area (Å²) in [5, 5.41) is 10.3. The van der Waals surface area contributed by atoms with Gasteiger partial charge in [0.1, 0.15) is 4.88 Å². The Labute approximate surface area is 131 Å². The number of hydrogen-bond donors (Lipinski definition) is 1. The minimum Gasteiger partial charge on any atom is -0.477 e. The number of piperidine rings is 1. The predicted octanol–water partition coefficient (Wildman–Crippen LogP) is 4.23. The smallest absolute Gasteiger partial charge is 0.347 e. The number of rotatable bonds is 4. The van der Waals surface area contributed by atoms with Crippen LogP contribution in [0.25, 0.3) is 0 Å². The van der Waals surface area contributed by atoms with Crippen molar-refractivity contribution in [3.05, 3.63) is 10.6 Å². The molecule has 2 heterocycles. The average Bonchev–Trinajstić information content (AvgIpc) is 2.87. The molecule has 118 valence electrons. The Balaban J connectivity index is 2.37. The second kappa shape index (κ2) is 6.34. The van der Waals surface area contributed by atoms with E-state index in [9.17, 15) is 9.90 Å². The lowest BCUT2D eigenvalue weighted by Crippen LogP contribution is -2.45. The van der Waals surface area contributed by atoms with Gasteiger partial charge in [-0.25, -0.2) is 9.78 Å². The molecule has 0 bridgehead atoms. The van der Waals surface area contributed by atoms with Gasteiger partial charge < -0.3 is 10.0 Å². The highest BCUT2D eigenvalue weighted by Gasteiger charge is 2.32. The SMILES string of the molecule is CCC(C)c1nc(N2CC(C)CC(C)C2C)sc1C(=O)O. The Morgan fingerprint density at radius 3 is 2.71 bits per heavy atom. The van der Waals surface area contributed by atoms with Gasteiger partial charge in [0.05, 0.1) is 5.69 Å². The van der Waals surface area contributed by atoms with Crippen molar-refractivity contribution in [1.29, 1.82) is 0 Å². The maximum atomic E-state index is 11.5. The van der Waals surface area contributed by atoms with Gasteiger partial charge in [0.25, 0.3) is 0 Å². The minimum absolute atomic E-state index is 0.191. The van der Waals surface area contributed by atoms with Crippen molar-refractivity contribution in [3.63, 3.8) is 0 Å². The molecule has 2 rings (SSSR count). The number of thiazole rings is 1. The molecule has 1 N–H and O–H groups in total. The Kier molecular flexibility index (Phi) is 4.91. The highest BCUT2D eigenvalue weighted by atomic mass is 32.1. The van der Waals surface area contributed by atoms with Gasteiger partial charge >= 0.3 is 5.97 Å². The first-order valence-corrected chi connectivity index (χ1v) is 8.67. The van der Waals surface area contributed by atoms with E-state index in [0.29, 0.717) is 22.8 Å². The topological polar surface area (TPSA) is 53.4 Å². The van der Waals surface area contributed by atoms with Crippen molar-refractivity contribution in [2.75, 3.05) is 11.4 Å². The third-order valence-electron chi connectivity index (χ3n) is 4.76. The Hall–Kier alpha value is -1.10. The van der Waals surface area contributed by atoms with E-state index in [2.05, 4.69) is 39.5 Å². The Morgan fingerprint density at radius 2 is 2.14 bits per heavy atom. The molecule has 1 aliphatic heterocycles. The molecule has 21 heavy (non-hydrogen) atoms. The largest absolute Gasteiger partial charge is 0.477 e. The highest BCUT2D eigenvalue weighted by Crippen LogP contribution is 2.37. The number of hydrogen-bond acceptors (Lipinski definition) is 4. The Bertz CT molecular complexity index is 514. The van der Waals surface area contributed by atoms with Crippen LogP contribution in [0.4, 0.5) is 5.13 Å². The van der Waals surface area contributed by atoms with E-state index in [1.54, 1.807) is 0 Å². The van der Waals surface area contributed by atoms with Gasteiger partial charge in [-0.05, 0) is 37.5 Å². The maximum Gasteiger partial charge on any atom is 0.347 e. The summed E-state index contributed by atoms with van der Waals surface area (Å²) in [4.78, 5) is 18.9. The van der Waals surface area contributed by atoms with Crippen molar-refractivity contribution >= 4 is 22.4 Å². The fourth-order valence-corrected chi connectivity index (χ4v) is 4.21. The molecule has 1 aromatic rings. The van der Waals surface area contributed by atoms with Crippen LogP contribution in [-0.2, 0) is 0 Å². The number of aromatic nitrogens is 1. The quantitative estimate of drug-likeness (QED) is 0.904. The number of carbonyl (C=O) groups is 1. The van der Waals surface area contributed by atoms with E-state index >= 15 is 0 Å². The van der Waals surface area contributed by atoms with Crippen LogP contribution < -0.4 is 4.90 Å². The zero-order valence-corrected chi connectivity index (χ0v) is 14.4. The first-order chi connectivity index (χ1) is 9.85. The molecule has 4 nitrogen and oxygen atoms in total. The summed E-state index contributed by atoms with van der Waals surface area (Å²) in [5.74, 6) is 0.578. The second-order valence-electron chi connectivity index (χ2n) is 6.54. The zero-order chi connectivity index (χ0) is 15.7. The number of nitrogens with zero attached hydrogens (tertiary/aromatic N) is 2. The molecule has 1 saturated heterocycles. The van der Waals surface area contributed by atoms with Gasteiger partial charge in [-0.3, -0.25) is 0 Å². The number of carboxylic acids is 1. The summed E-state index contributed by atoms with van der Waals surface area (Å²) >= 11 is 1.34. The number of aromatic carboxylic acids is 1. The molecule has 0 aliphatic carbocycles. The molecular formula is C16H26N2O2S. The van der Waals surface area contributed by atoms with E-state index in [4.69, 9.17) is 4.98 Å². The normalized spacial score (nSPS) is 27.7. The summed E-state index contributed by atoms with van der Waals surface area (Å²) in [7, 11) is 0. The van der Waals surface area contributed by atoms with E-state index in [1.165, 1.54) is 17.8 Å². The van der Waals surface area contributed by atoms with Crippen LogP contribution in [0, 0.1) is 11.8 Å². The van der Waals surface area contributed by atoms with Crippen molar-refractivity contribution in [2.45, 2.75) is 59.4 Å². The lowest BCUT2D eigenvalue weighted by atomic mass is 9.86. The monoisotopic (exact) mass is 310 g/mol. The first-order valence-electron chi connectivity index (χ1n) is 7.85. The average molecular weight is 310 g/mol. The van der Waals surface area contributed by atoms with Gasteiger partial charge in [-0.2, -0.15) is 0 Å². The van der Waals surface area contributed by atoms with Crippen LogP contribution in [-0.4, -0.2) is 28.6 Å². The van der Waals surface area contributed by atoms with Crippen molar-refractivity contribution in [2.24, 2.45) is 11.8 Å². The fourth-order valence-electron chi connectivity index (χ4n) is 3.09. The predicted molar refractivity (Wildman–Crippen MR) is 87.5 cm³/mol. The third kappa shape index (κ3) is 3.23. The summed E-state index contributed by atoms with van der Waals surface area (Å²) in [5.41, 5.74) is 0.753. The third-order valence-corrected chi connectivity index (χ3v) is 5.86. The van der Waals surface area contributed by atoms with Gasteiger partial charge in [0.2, 0.25) is 0 Å². The van der Waals surface area contributed by atoms with Crippen LogP contribution in [0.3, 0.4) is 0 Å². The molecule has 1 aliphatic rings. The summed E-state index contributed by atoms with van der Waals surface area (Å²) < 4.78 is 0. The van der Waals surface area contributed by atoms with Crippen LogP contribution in [0.1, 0.15) is 68.7 Å². The number of anilines is 1. The van der Waals surface area contributed by atoms with Crippen LogP contribution >= 0.6 is 11.3 Å². The molecule has 0 amide bonds. The maximum absolute atomic E-state index is 11.5. The molecular weight excluding hydrogens is 284 g/mol. The molecule has 4 unspecified atom stereocenters. The van der Waals surface area contributed by atoms with E-state index in [0.717, 1.165) is 23.8 Å². The molecule has 4 atom stereocenters. The van der Waals surface area contributed by atoms with Crippen molar-refractivity contribution in [3.8, 4) is 0 Å². The highest BCUT2D eigenvalue weighted by molar-refractivity contribution is 7.17. The lowest BCUT2D eigenvalue weighted by Gasteiger charge is -2.41. The summed E-state index contributed by atoms with van der Waals surface area (Å²) in [6, 6.07) is 0.416. The van der Waals surface area contributed by atoms with E-state index < -0.39 is 5.97 Å². The Morgan fingerprint density at radius 1 is 1.48 bits per heavy atom. The summed E-state index contributed by atoms with van der Waals surface area (Å²) in [6.07, 6.45) is 2.14. The minimum atomic E-state index is -0.847. The fraction of sp³-hybridized carbons (Fsp3) is 0.750. The van der Waals surface area contributed by atoms with Gasteiger partial charge in [-0.1, -0.05) is 39.0 Å². The van der Waals surface area contributed by atoms with Gasteiger partial charge in [-0.15, -0.1) is 0 Å². The summed E-state index contributed by atoms with van der Waals surface area (Å²) in [6.45, 7) is 11.9. The van der Waals surface area contributed by atoms with Crippen LogP contribution in [0.2, 0.25) is 0 Å². The lowest BCUT2D eigenvalue weighted by molar-refractivity contribution is 0.0700. The first kappa shape index (κ1) is 16.3. The number of carboxylic acid groups (broad SMARTS) is 1. The standard InChI is InChI=1S/C16H26N2O2S/c1-6-10(3)13-14(15(19)20)21-16(17-13)18-8-9(2)7-11(4)12(18)5/h9-12H,6-8H2,1-5H3,(H,19,20). The van der Waals surface area contributed by atoms with E-state index in [-0.39, 0.29) is 5.92 Å². The van der Waals surface area contributed by atoms with Crippen LogP contribution in [0.5, 0.6) is 0 Å². The van der Waals surface area contributed by atoms with Crippen LogP contribution in [0.15, 0.2) is 0 Å². The van der Waals surface area contributed by atoms with E-state index in [1.807, 2.05) is 0 Å². The van der Waals surface area contributed by atoms with Crippen molar-refractivity contribution < 1.29 is 9.90 Å². The van der Waals surface area contributed by atoms with Gasteiger partial charge in [0.15, 0.2) is 5.13 Å².